The lowest BCUT2D eigenvalue weighted by atomic mass is 9.77. The third kappa shape index (κ3) is 5.45. The van der Waals surface area contributed by atoms with Gasteiger partial charge in [-0.15, -0.1) is 0 Å². The quantitative estimate of drug-likeness (QED) is 0.445. The van der Waals surface area contributed by atoms with Gasteiger partial charge in [-0.3, -0.25) is 9.59 Å². The Bertz CT molecular complexity index is 1040. The molecule has 35 heavy (non-hydrogen) atoms. The Kier molecular flexibility index (Phi) is 7.23. The molecule has 1 aliphatic carbocycles. The van der Waals surface area contributed by atoms with Gasteiger partial charge in [-0.1, -0.05) is 69.2 Å². The molecule has 1 amide bonds. The van der Waals surface area contributed by atoms with Crippen molar-refractivity contribution >= 4 is 11.9 Å². The monoisotopic (exact) mass is 480 g/mol. The second-order valence-electron chi connectivity index (χ2n) is 10.6. The van der Waals surface area contributed by atoms with Gasteiger partial charge in [0.15, 0.2) is 5.69 Å². The molecule has 2 N–H and O–H groups in total. The van der Waals surface area contributed by atoms with E-state index in [0.717, 1.165) is 49.1 Å². The number of ether oxygens (including phenoxy) is 1. The number of aromatic nitrogens is 1. The summed E-state index contributed by atoms with van der Waals surface area (Å²) in [6.45, 7) is 0.659. The first-order chi connectivity index (χ1) is 17.0. The Labute approximate surface area is 206 Å². The molecule has 1 saturated carbocycles. The molecule has 7 nitrogen and oxygen atoms in total. The molecule has 2 aliphatic heterocycles. The Morgan fingerprint density at radius 2 is 2.00 bits per heavy atom. The first-order valence-electron chi connectivity index (χ1n) is 13.2. The Morgan fingerprint density at radius 1 is 1.14 bits per heavy atom. The van der Waals surface area contributed by atoms with E-state index in [0.29, 0.717) is 18.1 Å². The molecule has 3 fully saturated rings. The number of benzene rings is 1. The van der Waals surface area contributed by atoms with Gasteiger partial charge in [0.2, 0.25) is 5.89 Å². The average molecular weight is 481 g/mol. The van der Waals surface area contributed by atoms with Crippen LogP contribution in [0.5, 0.6) is 0 Å². The minimum atomic E-state index is -0.836. The first-order valence-corrected chi connectivity index (χ1v) is 13.2. The average Bonchev–Trinajstić information content (AvgIpc) is 3.60. The van der Waals surface area contributed by atoms with E-state index < -0.39 is 11.6 Å². The summed E-state index contributed by atoms with van der Waals surface area (Å²) in [5.41, 5.74) is 1.57. The number of nitrogens with zero attached hydrogens (tertiary/aromatic N) is 1. The SMILES string of the molecule is O=C(O)Cc1cccc(C2CC3(c4nc(C(=O)NCCCCC5CCCCC5)co4)CCC2O3)c1. The fourth-order valence-electron chi connectivity index (χ4n) is 6.30. The molecular formula is C28H36N2O5. The number of oxazole rings is 1. The Hall–Kier alpha value is -2.67. The van der Waals surface area contributed by atoms with E-state index >= 15 is 0 Å². The molecule has 7 heteroatoms. The number of rotatable bonds is 10. The van der Waals surface area contributed by atoms with Crippen molar-refractivity contribution in [1.82, 2.24) is 10.3 Å². The zero-order valence-electron chi connectivity index (χ0n) is 20.3. The van der Waals surface area contributed by atoms with Crippen molar-refractivity contribution in [2.24, 2.45) is 5.92 Å². The normalized spacial score (nSPS) is 26.2. The number of amides is 1. The van der Waals surface area contributed by atoms with Crippen molar-refractivity contribution in [3.05, 3.63) is 53.2 Å². The van der Waals surface area contributed by atoms with Crippen LogP contribution in [0.15, 0.2) is 34.9 Å². The van der Waals surface area contributed by atoms with Crippen LogP contribution < -0.4 is 5.32 Å². The van der Waals surface area contributed by atoms with Gasteiger partial charge in [0.05, 0.1) is 12.5 Å². The van der Waals surface area contributed by atoms with Gasteiger partial charge in [-0.05, 0) is 42.7 Å². The van der Waals surface area contributed by atoms with Gasteiger partial charge in [-0.25, -0.2) is 4.98 Å². The number of carboxylic acids is 1. The molecule has 5 rings (SSSR count). The molecule has 1 aromatic carbocycles. The number of aliphatic carboxylic acids is 1. The third-order valence-electron chi connectivity index (χ3n) is 8.12. The summed E-state index contributed by atoms with van der Waals surface area (Å²) in [7, 11) is 0. The maximum Gasteiger partial charge on any atom is 0.307 e. The number of hydrogen-bond acceptors (Lipinski definition) is 5. The van der Waals surface area contributed by atoms with Crippen LogP contribution in [0.2, 0.25) is 0 Å². The van der Waals surface area contributed by atoms with Crippen LogP contribution in [-0.4, -0.2) is 34.6 Å². The van der Waals surface area contributed by atoms with E-state index in [1.165, 1.54) is 44.8 Å². The van der Waals surface area contributed by atoms with Crippen molar-refractivity contribution in [1.29, 1.82) is 0 Å². The first kappa shape index (κ1) is 24.0. The number of carbonyl (C=O) groups is 2. The fourth-order valence-corrected chi connectivity index (χ4v) is 6.30. The minimum Gasteiger partial charge on any atom is -0.481 e. The molecule has 2 bridgehead atoms. The summed E-state index contributed by atoms with van der Waals surface area (Å²) in [5, 5.41) is 12.1. The molecule has 2 saturated heterocycles. The fraction of sp³-hybridized carbons (Fsp3) is 0.607. The second-order valence-corrected chi connectivity index (χ2v) is 10.6. The Morgan fingerprint density at radius 3 is 2.83 bits per heavy atom. The van der Waals surface area contributed by atoms with Crippen molar-refractivity contribution in [3.63, 3.8) is 0 Å². The van der Waals surface area contributed by atoms with Crippen molar-refractivity contribution < 1.29 is 23.8 Å². The van der Waals surface area contributed by atoms with E-state index in [2.05, 4.69) is 10.3 Å². The lowest BCUT2D eigenvalue weighted by Crippen LogP contribution is -2.26. The van der Waals surface area contributed by atoms with Crippen LogP contribution in [0.25, 0.3) is 0 Å². The van der Waals surface area contributed by atoms with Crippen LogP contribution >= 0.6 is 0 Å². The number of carboxylic acid groups (broad SMARTS) is 1. The lowest BCUT2D eigenvalue weighted by molar-refractivity contribution is -0.136. The van der Waals surface area contributed by atoms with Crippen LogP contribution in [0.1, 0.15) is 104 Å². The predicted octanol–water partition coefficient (Wildman–Crippen LogP) is 5.34. The van der Waals surface area contributed by atoms with Crippen LogP contribution in [0.4, 0.5) is 0 Å². The van der Waals surface area contributed by atoms with Crippen LogP contribution in [0, 0.1) is 5.92 Å². The van der Waals surface area contributed by atoms with Gasteiger partial charge in [0.25, 0.3) is 5.91 Å². The second kappa shape index (κ2) is 10.5. The van der Waals surface area contributed by atoms with Gasteiger partial charge in [0, 0.05) is 12.5 Å². The Balaban J connectivity index is 1.15. The highest BCUT2D eigenvalue weighted by molar-refractivity contribution is 5.91. The molecular weight excluding hydrogens is 444 g/mol. The highest BCUT2D eigenvalue weighted by Gasteiger charge is 2.56. The van der Waals surface area contributed by atoms with Crippen molar-refractivity contribution in [2.45, 2.75) is 94.7 Å². The summed E-state index contributed by atoms with van der Waals surface area (Å²) in [6, 6.07) is 7.77. The predicted molar refractivity (Wildman–Crippen MR) is 130 cm³/mol. The summed E-state index contributed by atoms with van der Waals surface area (Å²) >= 11 is 0. The van der Waals surface area contributed by atoms with E-state index in [1.807, 2.05) is 24.3 Å². The number of hydrogen-bond donors (Lipinski definition) is 2. The standard InChI is InChI=1S/C28H36N2O5/c31-25(32)16-20-10-6-11-21(15-20)22-17-28(13-12-24(22)35-28)27-30-23(18-34-27)26(33)29-14-5-4-9-19-7-2-1-3-8-19/h6,10-11,15,18-19,22,24H,1-5,7-9,12-14,16-17H2,(H,29,33)(H,31,32). The van der Waals surface area contributed by atoms with Gasteiger partial charge >= 0.3 is 5.97 Å². The third-order valence-corrected chi connectivity index (χ3v) is 8.12. The number of unbranched alkanes of at least 4 members (excludes halogenated alkanes) is 1. The van der Waals surface area contributed by atoms with Gasteiger partial charge in [-0.2, -0.15) is 0 Å². The molecule has 3 atom stereocenters. The number of carbonyl (C=O) groups excluding carboxylic acids is 1. The molecule has 3 heterocycles. The number of nitrogens with one attached hydrogen (secondary N) is 1. The molecule has 0 spiro atoms. The topological polar surface area (TPSA) is 102 Å². The zero-order valence-corrected chi connectivity index (χ0v) is 20.3. The van der Waals surface area contributed by atoms with Crippen molar-refractivity contribution in [3.8, 4) is 0 Å². The van der Waals surface area contributed by atoms with E-state index in [4.69, 9.17) is 14.3 Å². The molecule has 0 radical (unpaired) electrons. The summed E-state index contributed by atoms with van der Waals surface area (Å²) in [6.07, 6.45) is 14.2. The molecule has 1 aromatic heterocycles. The maximum atomic E-state index is 12.6. The zero-order chi connectivity index (χ0) is 24.3. The number of fused-ring (bicyclic) bond motifs is 2. The molecule has 188 valence electrons. The molecule has 3 aliphatic rings. The van der Waals surface area contributed by atoms with E-state index in [1.54, 1.807) is 0 Å². The maximum absolute atomic E-state index is 12.6. The summed E-state index contributed by atoms with van der Waals surface area (Å²) in [5.74, 6) is 0.483. The molecule has 3 unspecified atom stereocenters. The van der Waals surface area contributed by atoms with Crippen LogP contribution in [0.3, 0.4) is 0 Å². The highest BCUT2D eigenvalue weighted by atomic mass is 16.5. The largest absolute Gasteiger partial charge is 0.481 e. The minimum absolute atomic E-state index is 0.00994. The summed E-state index contributed by atoms with van der Waals surface area (Å²) in [4.78, 5) is 28.3. The van der Waals surface area contributed by atoms with Gasteiger partial charge < -0.3 is 19.6 Å². The van der Waals surface area contributed by atoms with E-state index in [9.17, 15) is 9.59 Å². The van der Waals surface area contributed by atoms with Crippen LogP contribution in [-0.2, 0) is 21.6 Å². The van der Waals surface area contributed by atoms with E-state index in [-0.39, 0.29) is 24.3 Å². The summed E-state index contributed by atoms with van der Waals surface area (Å²) < 4.78 is 12.2. The van der Waals surface area contributed by atoms with Gasteiger partial charge in [0.1, 0.15) is 11.9 Å². The lowest BCUT2D eigenvalue weighted by Gasteiger charge is -2.24. The smallest absolute Gasteiger partial charge is 0.307 e. The van der Waals surface area contributed by atoms with Crippen molar-refractivity contribution in [2.75, 3.05) is 6.54 Å². The molecule has 2 aromatic rings. The highest BCUT2D eigenvalue weighted by Crippen LogP contribution is 2.56.